The molecule has 0 unspecified atom stereocenters. The first-order chi connectivity index (χ1) is 5.93. The van der Waals surface area contributed by atoms with E-state index in [2.05, 4.69) is 4.98 Å². The van der Waals surface area contributed by atoms with Gasteiger partial charge < -0.3 is 0 Å². The number of aryl methyl sites for hydroxylation is 1. The number of aromatic nitrogens is 1. The van der Waals surface area contributed by atoms with Crippen LogP contribution in [0.4, 0.5) is 13.2 Å². The third-order valence-corrected chi connectivity index (χ3v) is 2.11. The Balaban J connectivity index is 3.16. The smallest absolute Gasteiger partial charge is 0.237 e. The molecule has 13 heavy (non-hydrogen) atoms. The minimum atomic E-state index is -4.34. The second-order valence-corrected chi connectivity index (χ2v) is 3.64. The molecule has 0 radical (unpaired) electrons. The van der Waals surface area contributed by atoms with E-state index in [0.29, 0.717) is 15.7 Å². The van der Waals surface area contributed by atoms with E-state index in [0.717, 1.165) is 6.07 Å². The van der Waals surface area contributed by atoms with E-state index in [4.69, 9.17) is 0 Å². The normalized spacial score (nSPS) is 11.8. The summed E-state index contributed by atoms with van der Waals surface area (Å²) in [6, 6.07) is 2.73. The molecule has 0 aliphatic rings. The van der Waals surface area contributed by atoms with Crippen LogP contribution >= 0.6 is 22.6 Å². The van der Waals surface area contributed by atoms with Crippen molar-refractivity contribution < 1.29 is 13.2 Å². The SMILES string of the molecule is CCc1cc(I)nc(C(F)(F)F)c1. The van der Waals surface area contributed by atoms with Crippen LogP contribution in [-0.2, 0) is 12.6 Å². The zero-order chi connectivity index (χ0) is 10.1. The average molecular weight is 301 g/mol. The molecule has 72 valence electrons. The molecule has 0 fully saturated rings. The summed E-state index contributed by atoms with van der Waals surface area (Å²) in [5.41, 5.74) is -0.150. The molecule has 1 aromatic rings. The number of alkyl halides is 3. The van der Waals surface area contributed by atoms with Gasteiger partial charge in [-0.25, -0.2) is 4.98 Å². The Labute approximate surface area is 87.5 Å². The predicted molar refractivity (Wildman–Crippen MR) is 51.3 cm³/mol. The number of halogens is 4. The molecule has 0 spiro atoms. The Bertz CT molecular complexity index is 309. The van der Waals surface area contributed by atoms with Gasteiger partial charge in [0.2, 0.25) is 0 Å². The zero-order valence-corrected chi connectivity index (χ0v) is 8.98. The Hall–Kier alpha value is -0.330. The molecule has 0 atom stereocenters. The standard InChI is InChI=1S/C8H7F3IN/c1-2-5-3-6(8(9,10)11)13-7(12)4-5/h3-4H,2H2,1H3. The van der Waals surface area contributed by atoms with Crippen molar-refractivity contribution in [2.75, 3.05) is 0 Å². The van der Waals surface area contributed by atoms with E-state index in [1.165, 1.54) is 0 Å². The Kier molecular flexibility index (Phi) is 3.15. The highest BCUT2D eigenvalue weighted by Crippen LogP contribution is 2.28. The maximum absolute atomic E-state index is 12.2. The van der Waals surface area contributed by atoms with Crippen molar-refractivity contribution in [2.24, 2.45) is 0 Å². The molecular formula is C8H7F3IN. The fourth-order valence-corrected chi connectivity index (χ4v) is 1.56. The zero-order valence-electron chi connectivity index (χ0n) is 6.82. The van der Waals surface area contributed by atoms with Crippen LogP contribution in [-0.4, -0.2) is 4.98 Å². The van der Waals surface area contributed by atoms with Crippen LogP contribution in [0.15, 0.2) is 12.1 Å². The lowest BCUT2D eigenvalue weighted by Crippen LogP contribution is -2.09. The Morgan fingerprint density at radius 1 is 1.38 bits per heavy atom. The maximum Gasteiger partial charge on any atom is 0.433 e. The molecular weight excluding hydrogens is 294 g/mol. The highest BCUT2D eigenvalue weighted by Gasteiger charge is 2.32. The van der Waals surface area contributed by atoms with E-state index in [-0.39, 0.29) is 0 Å². The van der Waals surface area contributed by atoms with Gasteiger partial charge in [0.25, 0.3) is 0 Å². The summed E-state index contributed by atoms with van der Waals surface area (Å²) in [4.78, 5) is 3.41. The van der Waals surface area contributed by atoms with E-state index < -0.39 is 11.9 Å². The molecule has 1 nitrogen and oxygen atoms in total. The summed E-state index contributed by atoms with van der Waals surface area (Å²) >= 11 is 1.78. The molecule has 0 saturated heterocycles. The lowest BCUT2D eigenvalue weighted by Gasteiger charge is -2.07. The van der Waals surface area contributed by atoms with Crippen LogP contribution in [0.5, 0.6) is 0 Å². The highest BCUT2D eigenvalue weighted by molar-refractivity contribution is 14.1. The lowest BCUT2D eigenvalue weighted by atomic mass is 10.2. The van der Waals surface area contributed by atoms with Gasteiger partial charge in [-0.2, -0.15) is 13.2 Å². The molecule has 5 heteroatoms. The first-order valence-electron chi connectivity index (χ1n) is 3.67. The first-order valence-corrected chi connectivity index (χ1v) is 4.75. The van der Waals surface area contributed by atoms with Crippen molar-refractivity contribution in [1.29, 1.82) is 0 Å². The Morgan fingerprint density at radius 3 is 2.46 bits per heavy atom. The summed E-state index contributed by atoms with van der Waals surface area (Å²) in [6.07, 6.45) is -3.76. The second kappa shape index (κ2) is 3.81. The van der Waals surface area contributed by atoms with Crippen molar-refractivity contribution in [3.8, 4) is 0 Å². The molecule has 0 aliphatic heterocycles. The highest BCUT2D eigenvalue weighted by atomic mass is 127. The summed E-state index contributed by atoms with van der Waals surface area (Å²) in [5, 5.41) is 0. The van der Waals surface area contributed by atoms with Crippen LogP contribution in [0, 0.1) is 3.70 Å². The van der Waals surface area contributed by atoms with Crippen molar-refractivity contribution in [1.82, 2.24) is 4.98 Å². The molecule has 1 aromatic heterocycles. The van der Waals surface area contributed by atoms with Gasteiger partial charge in [-0.05, 0) is 46.7 Å². The minimum Gasteiger partial charge on any atom is -0.237 e. The molecule has 1 heterocycles. The van der Waals surface area contributed by atoms with Crippen molar-refractivity contribution >= 4 is 22.6 Å². The molecule has 0 saturated carbocycles. The molecule has 0 N–H and O–H groups in total. The largest absolute Gasteiger partial charge is 0.433 e. The quantitative estimate of drug-likeness (QED) is 0.573. The van der Waals surface area contributed by atoms with E-state index >= 15 is 0 Å². The van der Waals surface area contributed by atoms with E-state index in [1.54, 1.807) is 28.7 Å². The summed E-state index contributed by atoms with van der Waals surface area (Å²) < 4.78 is 37.0. The average Bonchev–Trinajstić information content (AvgIpc) is 2.01. The van der Waals surface area contributed by atoms with Gasteiger partial charge in [-0.15, -0.1) is 0 Å². The number of rotatable bonds is 1. The number of hydrogen-bond donors (Lipinski definition) is 0. The van der Waals surface area contributed by atoms with Crippen LogP contribution < -0.4 is 0 Å². The third kappa shape index (κ3) is 2.82. The maximum atomic E-state index is 12.2. The van der Waals surface area contributed by atoms with Crippen LogP contribution in [0.3, 0.4) is 0 Å². The van der Waals surface area contributed by atoms with Gasteiger partial charge in [-0.1, -0.05) is 6.92 Å². The van der Waals surface area contributed by atoms with Crippen molar-refractivity contribution in [3.05, 3.63) is 27.1 Å². The molecule has 1 rings (SSSR count). The van der Waals surface area contributed by atoms with Crippen LogP contribution in [0.25, 0.3) is 0 Å². The summed E-state index contributed by atoms with van der Waals surface area (Å²) in [5.74, 6) is 0. The van der Waals surface area contributed by atoms with Crippen LogP contribution in [0.1, 0.15) is 18.2 Å². The van der Waals surface area contributed by atoms with E-state index in [1.807, 2.05) is 6.92 Å². The van der Waals surface area contributed by atoms with Crippen molar-refractivity contribution in [3.63, 3.8) is 0 Å². The van der Waals surface area contributed by atoms with Gasteiger partial charge >= 0.3 is 6.18 Å². The summed E-state index contributed by atoms with van der Waals surface area (Å²) in [6.45, 7) is 1.81. The monoisotopic (exact) mass is 301 g/mol. The molecule has 0 aliphatic carbocycles. The van der Waals surface area contributed by atoms with Gasteiger partial charge in [0.1, 0.15) is 9.39 Å². The van der Waals surface area contributed by atoms with Gasteiger partial charge in [0.05, 0.1) is 0 Å². The lowest BCUT2D eigenvalue weighted by molar-refractivity contribution is -0.141. The fourth-order valence-electron chi connectivity index (χ4n) is 0.899. The van der Waals surface area contributed by atoms with Crippen LogP contribution in [0.2, 0.25) is 0 Å². The molecule has 0 amide bonds. The minimum absolute atomic E-state index is 0.379. The Morgan fingerprint density at radius 2 is 2.00 bits per heavy atom. The predicted octanol–water partition coefficient (Wildman–Crippen LogP) is 3.27. The topological polar surface area (TPSA) is 12.9 Å². The van der Waals surface area contributed by atoms with E-state index in [9.17, 15) is 13.2 Å². The number of pyridine rings is 1. The van der Waals surface area contributed by atoms with Crippen molar-refractivity contribution in [2.45, 2.75) is 19.5 Å². The van der Waals surface area contributed by atoms with Gasteiger partial charge in [-0.3, -0.25) is 0 Å². The van der Waals surface area contributed by atoms with Gasteiger partial charge in [0.15, 0.2) is 0 Å². The summed E-state index contributed by atoms with van der Waals surface area (Å²) in [7, 11) is 0. The molecule has 0 aromatic carbocycles. The van der Waals surface area contributed by atoms with Gasteiger partial charge in [0, 0.05) is 0 Å². The number of nitrogens with zero attached hydrogens (tertiary/aromatic N) is 1. The second-order valence-electron chi connectivity index (χ2n) is 2.53. The molecule has 0 bridgehead atoms. The third-order valence-electron chi connectivity index (χ3n) is 1.55. The fraction of sp³-hybridized carbons (Fsp3) is 0.375. The number of hydrogen-bond acceptors (Lipinski definition) is 1. The first kappa shape index (κ1) is 10.7.